The van der Waals surface area contributed by atoms with Crippen LogP contribution >= 0.6 is 0 Å². The van der Waals surface area contributed by atoms with Crippen LogP contribution in [0.2, 0.25) is 0 Å². The van der Waals surface area contributed by atoms with Crippen LogP contribution in [-0.4, -0.2) is 45.0 Å². The zero-order valence-corrected chi connectivity index (χ0v) is 12.1. The predicted octanol–water partition coefficient (Wildman–Crippen LogP) is 1.27. The zero-order valence-electron chi connectivity index (χ0n) is 12.1. The minimum atomic E-state index is -0.936. The third-order valence-electron chi connectivity index (χ3n) is 3.64. The number of esters is 1. The average Bonchev–Trinajstić information content (AvgIpc) is 2.92. The third kappa shape index (κ3) is 2.22. The highest BCUT2D eigenvalue weighted by molar-refractivity contribution is 5.95. The van der Waals surface area contributed by atoms with Gasteiger partial charge in [0.25, 0.3) is 0 Å². The largest absolute Gasteiger partial charge is 0.466 e. The molecule has 1 saturated heterocycles. The molecule has 2 amide bonds. The van der Waals surface area contributed by atoms with E-state index in [4.69, 9.17) is 9.47 Å². The second kappa shape index (κ2) is 5.21. The molecule has 1 unspecified atom stereocenters. The first kappa shape index (κ1) is 14.2. The summed E-state index contributed by atoms with van der Waals surface area (Å²) < 4.78 is 14.6. The Hall–Kier alpha value is -2.77. The van der Waals surface area contributed by atoms with Crippen molar-refractivity contribution in [2.75, 3.05) is 30.5 Å². The molecular weight excluding hydrogens is 292 g/mol. The summed E-state index contributed by atoms with van der Waals surface area (Å²) >= 11 is 0. The summed E-state index contributed by atoms with van der Waals surface area (Å²) in [6.07, 6.45) is -1.97. The molecule has 2 heterocycles. The van der Waals surface area contributed by atoms with E-state index < -0.39 is 24.3 Å². The summed E-state index contributed by atoms with van der Waals surface area (Å²) in [6.45, 7) is 0.218. The lowest BCUT2D eigenvalue weighted by molar-refractivity contribution is -0.148. The van der Waals surface area contributed by atoms with Crippen molar-refractivity contribution in [2.45, 2.75) is 12.7 Å². The first-order valence-corrected chi connectivity index (χ1v) is 6.60. The van der Waals surface area contributed by atoms with E-state index in [1.807, 2.05) is 0 Å². The Morgan fingerprint density at radius 1 is 1.32 bits per heavy atom. The number of carbonyl (C=O) groups excluding carboxylic acids is 3. The standard InChI is InChI=1S/C14H14N2O6/c1-15-10-4-3-9(5-8(10)7-21-13(15)18)16-6-11(12(17)20-2)22-14(16)19/h3-5,11H,6-7H2,1-2H3. The van der Waals surface area contributed by atoms with Gasteiger partial charge in [0.15, 0.2) is 0 Å². The first-order chi connectivity index (χ1) is 10.5. The van der Waals surface area contributed by atoms with Crippen LogP contribution in [0.1, 0.15) is 5.56 Å². The van der Waals surface area contributed by atoms with E-state index in [0.29, 0.717) is 5.69 Å². The van der Waals surface area contributed by atoms with Gasteiger partial charge in [-0.1, -0.05) is 0 Å². The SMILES string of the molecule is COC(=O)C1CN(c2ccc3c(c2)COC(=O)N3C)C(=O)O1. The summed E-state index contributed by atoms with van der Waals surface area (Å²) in [5.74, 6) is -0.595. The van der Waals surface area contributed by atoms with Crippen molar-refractivity contribution in [2.24, 2.45) is 0 Å². The Morgan fingerprint density at radius 3 is 2.82 bits per heavy atom. The molecule has 1 aromatic rings. The van der Waals surface area contributed by atoms with Gasteiger partial charge in [0.05, 0.1) is 19.3 Å². The molecule has 1 atom stereocenters. The van der Waals surface area contributed by atoms with Gasteiger partial charge in [-0.15, -0.1) is 0 Å². The number of methoxy groups -OCH3 is 1. The van der Waals surface area contributed by atoms with Gasteiger partial charge in [0, 0.05) is 18.3 Å². The number of rotatable bonds is 2. The van der Waals surface area contributed by atoms with Crippen LogP contribution in [0.3, 0.4) is 0 Å². The highest BCUT2D eigenvalue weighted by Crippen LogP contribution is 2.31. The lowest BCUT2D eigenvalue weighted by atomic mass is 10.1. The number of cyclic esters (lactones) is 2. The maximum atomic E-state index is 11.9. The van der Waals surface area contributed by atoms with Gasteiger partial charge in [-0.3, -0.25) is 9.80 Å². The Morgan fingerprint density at radius 2 is 2.09 bits per heavy atom. The Balaban J connectivity index is 1.86. The summed E-state index contributed by atoms with van der Waals surface area (Å²) in [7, 11) is 2.85. The number of nitrogens with zero attached hydrogens (tertiary/aromatic N) is 2. The van der Waals surface area contributed by atoms with Gasteiger partial charge in [0.2, 0.25) is 6.10 Å². The monoisotopic (exact) mass is 306 g/mol. The molecule has 8 heteroatoms. The quantitative estimate of drug-likeness (QED) is 0.604. The van der Waals surface area contributed by atoms with Gasteiger partial charge >= 0.3 is 18.2 Å². The van der Waals surface area contributed by atoms with Crippen LogP contribution in [0, 0.1) is 0 Å². The Bertz CT molecular complexity index is 659. The number of anilines is 2. The fourth-order valence-corrected chi connectivity index (χ4v) is 2.45. The molecule has 0 N–H and O–H groups in total. The Kier molecular flexibility index (Phi) is 3.36. The highest BCUT2D eigenvalue weighted by atomic mass is 16.6. The molecule has 0 saturated carbocycles. The van der Waals surface area contributed by atoms with E-state index in [9.17, 15) is 14.4 Å². The van der Waals surface area contributed by atoms with Gasteiger partial charge in [0.1, 0.15) is 6.61 Å². The van der Waals surface area contributed by atoms with Crippen molar-refractivity contribution in [3.63, 3.8) is 0 Å². The van der Waals surface area contributed by atoms with Gasteiger partial charge < -0.3 is 14.2 Å². The number of hydrogen-bond donors (Lipinski definition) is 0. The number of ether oxygens (including phenoxy) is 3. The molecule has 0 radical (unpaired) electrons. The van der Waals surface area contributed by atoms with Gasteiger partial charge in [-0.25, -0.2) is 14.4 Å². The predicted molar refractivity (Wildman–Crippen MR) is 74.7 cm³/mol. The molecule has 2 aliphatic rings. The lowest BCUT2D eigenvalue weighted by Crippen LogP contribution is -2.32. The number of hydrogen-bond acceptors (Lipinski definition) is 6. The molecule has 8 nitrogen and oxygen atoms in total. The lowest BCUT2D eigenvalue weighted by Gasteiger charge is -2.26. The van der Waals surface area contributed by atoms with Crippen LogP contribution in [0.25, 0.3) is 0 Å². The minimum Gasteiger partial charge on any atom is -0.466 e. The molecular formula is C14H14N2O6. The molecule has 0 aliphatic carbocycles. The second-order valence-corrected chi connectivity index (χ2v) is 4.93. The van der Waals surface area contributed by atoms with E-state index in [0.717, 1.165) is 11.3 Å². The van der Waals surface area contributed by atoms with E-state index in [1.165, 1.54) is 16.9 Å². The smallest absolute Gasteiger partial charge is 0.415 e. The summed E-state index contributed by atoms with van der Waals surface area (Å²) in [5, 5.41) is 0. The van der Waals surface area contributed by atoms with Crippen molar-refractivity contribution >= 4 is 29.5 Å². The number of amides is 2. The van der Waals surface area contributed by atoms with Gasteiger partial charge in [-0.05, 0) is 18.2 Å². The van der Waals surface area contributed by atoms with E-state index in [2.05, 4.69) is 4.74 Å². The van der Waals surface area contributed by atoms with Gasteiger partial charge in [-0.2, -0.15) is 0 Å². The molecule has 3 rings (SSSR count). The van der Waals surface area contributed by atoms with Crippen LogP contribution in [0.5, 0.6) is 0 Å². The summed E-state index contributed by atoms with van der Waals surface area (Å²) in [4.78, 5) is 37.6. The summed E-state index contributed by atoms with van der Waals surface area (Å²) in [6, 6.07) is 5.15. The molecule has 1 fully saturated rings. The zero-order chi connectivity index (χ0) is 15.9. The molecule has 116 valence electrons. The molecule has 2 aliphatic heterocycles. The van der Waals surface area contributed by atoms with Crippen molar-refractivity contribution in [3.05, 3.63) is 23.8 Å². The number of carbonyl (C=O) groups is 3. The fraction of sp³-hybridized carbons (Fsp3) is 0.357. The topological polar surface area (TPSA) is 85.4 Å². The molecule has 0 spiro atoms. The second-order valence-electron chi connectivity index (χ2n) is 4.93. The van der Waals surface area contributed by atoms with Crippen molar-refractivity contribution in [3.8, 4) is 0 Å². The van der Waals surface area contributed by atoms with Crippen LogP contribution in [0.15, 0.2) is 18.2 Å². The number of fused-ring (bicyclic) bond motifs is 1. The van der Waals surface area contributed by atoms with Crippen LogP contribution in [-0.2, 0) is 25.6 Å². The van der Waals surface area contributed by atoms with Crippen LogP contribution < -0.4 is 9.80 Å². The molecule has 0 aromatic heterocycles. The van der Waals surface area contributed by atoms with Crippen LogP contribution in [0.4, 0.5) is 21.0 Å². The minimum absolute atomic E-state index is 0.0833. The Labute approximate surface area is 126 Å². The van der Waals surface area contributed by atoms with Crippen molar-refractivity contribution in [1.82, 2.24) is 0 Å². The average molecular weight is 306 g/mol. The number of benzene rings is 1. The van der Waals surface area contributed by atoms with Crippen molar-refractivity contribution in [1.29, 1.82) is 0 Å². The maximum Gasteiger partial charge on any atom is 0.415 e. The third-order valence-corrected chi connectivity index (χ3v) is 3.64. The van der Waals surface area contributed by atoms with E-state index in [1.54, 1.807) is 25.2 Å². The molecule has 22 heavy (non-hydrogen) atoms. The maximum absolute atomic E-state index is 11.9. The highest BCUT2D eigenvalue weighted by Gasteiger charge is 2.38. The fourth-order valence-electron chi connectivity index (χ4n) is 2.45. The molecule has 0 bridgehead atoms. The molecule has 1 aromatic carbocycles. The van der Waals surface area contributed by atoms with E-state index >= 15 is 0 Å². The summed E-state index contributed by atoms with van der Waals surface area (Å²) in [5.41, 5.74) is 2.06. The van der Waals surface area contributed by atoms with Crippen molar-refractivity contribution < 1.29 is 28.6 Å². The normalized spacial score (nSPS) is 20.4. The van der Waals surface area contributed by atoms with E-state index in [-0.39, 0.29) is 13.2 Å². The first-order valence-electron chi connectivity index (χ1n) is 6.60.